The maximum absolute atomic E-state index is 9.74. The van der Waals surface area contributed by atoms with E-state index in [-0.39, 0.29) is 19.5 Å². The largest absolute Gasteiger partial charge is 2.00 e. The van der Waals surface area contributed by atoms with Crippen molar-refractivity contribution in [1.82, 2.24) is 0 Å². The minimum Gasteiger partial charge on any atom is -0.547 e. The standard InChI is InChI=1S/2C4H6O6.Zn/c2*5-1(3(7)8)2(6)4(9)10;/h2*1-2,5-6H,(H,7,8)(H,9,10);/q;;+2/p-2. The van der Waals surface area contributed by atoms with Gasteiger partial charge in [0.25, 0.3) is 0 Å². The Bertz CT molecular complexity index is 309. The molecule has 0 aromatic heterocycles. The van der Waals surface area contributed by atoms with Gasteiger partial charge >= 0.3 is 31.4 Å². The van der Waals surface area contributed by atoms with Crippen molar-refractivity contribution in [3.05, 3.63) is 0 Å². The number of carboxylic acids is 4. The second-order valence-electron chi connectivity index (χ2n) is 3.09. The Kier molecular flexibility index (Phi) is 12.8. The van der Waals surface area contributed by atoms with Crippen molar-refractivity contribution >= 4 is 23.9 Å². The van der Waals surface area contributed by atoms with E-state index < -0.39 is 48.3 Å². The van der Waals surface area contributed by atoms with Crippen molar-refractivity contribution in [3.63, 3.8) is 0 Å². The Balaban J connectivity index is -0.000000295. The molecule has 0 heterocycles. The zero-order valence-electron chi connectivity index (χ0n) is 10.1. The molecule has 116 valence electrons. The van der Waals surface area contributed by atoms with E-state index in [2.05, 4.69) is 0 Å². The molecule has 4 unspecified atom stereocenters. The minimum absolute atomic E-state index is 0. The average Bonchev–Trinajstić information content (AvgIpc) is 2.35. The number of carbonyl (C=O) groups excluding carboxylic acids is 2. The number of carbonyl (C=O) groups is 4. The van der Waals surface area contributed by atoms with Crippen molar-refractivity contribution in [2.75, 3.05) is 0 Å². The van der Waals surface area contributed by atoms with Crippen LogP contribution in [-0.4, -0.2) is 78.9 Å². The van der Waals surface area contributed by atoms with Crippen molar-refractivity contribution < 1.29 is 79.5 Å². The summed E-state index contributed by atoms with van der Waals surface area (Å²) in [6, 6.07) is 0. The fraction of sp³-hybridized carbons (Fsp3) is 0.500. The summed E-state index contributed by atoms with van der Waals surface area (Å²) in [6.07, 6.45) is -9.41. The summed E-state index contributed by atoms with van der Waals surface area (Å²) in [5.74, 6) is -7.65. The van der Waals surface area contributed by atoms with E-state index in [0.717, 1.165) is 0 Å². The quantitative estimate of drug-likeness (QED) is 0.241. The van der Waals surface area contributed by atoms with Gasteiger partial charge in [0.2, 0.25) is 0 Å². The van der Waals surface area contributed by atoms with E-state index in [4.69, 9.17) is 30.6 Å². The van der Waals surface area contributed by atoms with Crippen LogP contribution in [0.2, 0.25) is 0 Å². The van der Waals surface area contributed by atoms with Gasteiger partial charge in [0.05, 0.1) is 11.9 Å². The molecule has 6 N–H and O–H groups in total. The molecule has 12 nitrogen and oxygen atoms in total. The van der Waals surface area contributed by atoms with Crippen LogP contribution in [0, 0.1) is 0 Å². The van der Waals surface area contributed by atoms with E-state index in [1.54, 1.807) is 0 Å². The molecule has 0 fully saturated rings. The Labute approximate surface area is 128 Å². The number of hydrogen-bond acceptors (Lipinski definition) is 10. The van der Waals surface area contributed by atoms with Crippen LogP contribution >= 0.6 is 0 Å². The van der Waals surface area contributed by atoms with Crippen molar-refractivity contribution in [2.45, 2.75) is 24.4 Å². The molecule has 0 rings (SSSR count). The van der Waals surface area contributed by atoms with Crippen LogP contribution in [0.3, 0.4) is 0 Å². The number of rotatable bonds is 6. The molecule has 0 aliphatic carbocycles. The number of carboxylic acid groups (broad SMARTS) is 4. The first kappa shape index (κ1) is 24.4. The van der Waals surface area contributed by atoms with Crippen molar-refractivity contribution in [1.29, 1.82) is 0 Å². The first-order valence-electron chi connectivity index (χ1n) is 4.53. The molecular formula is C8H10O12Zn. The maximum Gasteiger partial charge on any atom is 2.00 e. The third-order valence-electron chi connectivity index (χ3n) is 1.59. The van der Waals surface area contributed by atoms with Gasteiger partial charge in [-0.3, -0.25) is 0 Å². The second-order valence-corrected chi connectivity index (χ2v) is 3.09. The van der Waals surface area contributed by atoms with Crippen LogP contribution in [0.15, 0.2) is 0 Å². The van der Waals surface area contributed by atoms with Crippen molar-refractivity contribution in [2.24, 2.45) is 0 Å². The molecule has 0 aliphatic rings. The normalized spacial score (nSPS) is 15.0. The molecule has 0 bridgehead atoms. The molecule has 0 radical (unpaired) electrons. The second kappa shape index (κ2) is 11.1. The Morgan fingerprint density at radius 3 is 0.857 bits per heavy atom. The topological polar surface area (TPSA) is 236 Å². The molecule has 0 amide bonds. The van der Waals surface area contributed by atoms with E-state index in [1.165, 1.54) is 0 Å². The molecule has 0 saturated carbocycles. The Hall–Kier alpha value is -1.66. The van der Waals surface area contributed by atoms with E-state index in [0.29, 0.717) is 0 Å². The number of aliphatic carboxylic acids is 4. The third kappa shape index (κ3) is 9.81. The zero-order chi connectivity index (χ0) is 16.6. The van der Waals surface area contributed by atoms with Crippen molar-refractivity contribution in [3.8, 4) is 0 Å². The fourth-order valence-corrected chi connectivity index (χ4v) is 0.528. The first-order valence-corrected chi connectivity index (χ1v) is 4.53. The van der Waals surface area contributed by atoms with Gasteiger partial charge in [0, 0.05) is 0 Å². The van der Waals surface area contributed by atoms with Crippen LogP contribution in [-0.2, 0) is 38.7 Å². The number of aliphatic hydroxyl groups is 4. The van der Waals surface area contributed by atoms with E-state index >= 15 is 0 Å². The van der Waals surface area contributed by atoms with E-state index in [1.807, 2.05) is 0 Å². The molecule has 0 aliphatic heterocycles. The molecule has 0 spiro atoms. The molecule has 0 aromatic carbocycles. The van der Waals surface area contributed by atoms with Gasteiger partial charge in [0.1, 0.15) is 12.2 Å². The summed E-state index contributed by atoms with van der Waals surface area (Å²) < 4.78 is 0. The smallest absolute Gasteiger partial charge is 0.547 e. The molecule has 0 saturated heterocycles. The molecule has 13 heteroatoms. The van der Waals surface area contributed by atoms with Gasteiger partial charge in [-0.2, -0.15) is 0 Å². The van der Waals surface area contributed by atoms with Crippen LogP contribution in [0.4, 0.5) is 0 Å². The Morgan fingerprint density at radius 1 is 0.619 bits per heavy atom. The first-order chi connectivity index (χ1) is 8.93. The van der Waals surface area contributed by atoms with E-state index in [9.17, 15) is 29.4 Å². The average molecular weight is 364 g/mol. The van der Waals surface area contributed by atoms with Gasteiger partial charge in [0.15, 0.2) is 12.2 Å². The molecular weight excluding hydrogens is 353 g/mol. The van der Waals surface area contributed by atoms with Gasteiger partial charge in [-0.05, 0) is 0 Å². The van der Waals surface area contributed by atoms with Gasteiger partial charge < -0.3 is 50.4 Å². The zero-order valence-corrected chi connectivity index (χ0v) is 13.1. The third-order valence-corrected chi connectivity index (χ3v) is 1.59. The van der Waals surface area contributed by atoms with Crippen LogP contribution in [0.25, 0.3) is 0 Å². The van der Waals surface area contributed by atoms with Gasteiger partial charge in [-0.25, -0.2) is 9.59 Å². The predicted octanol–water partition coefficient (Wildman–Crippen LogP) is -6.92. The Morgan fingerprint density at radius 2 is 0.810 bits per heavy atom. The maximum atomic E-state index is 9.74. The van der Waals surface area contributed by atoms with Gasteiger partial charge in [-0.15, -0.1) is 0 Å². The fourth-order valence-electron chi connectivity index (χ4n) is 0.528. The molecule has 0 aromatic rings. The molecule has 4 atom stereocenters. The number of aliphatic hydroxyl groups excluding tert-OH is 4. The summed E-state index contributed by atoms with van der Waals surface area (Å²) >= 11 is 0. The summed E-state index contributed by atoms with van der Waals surface area (Å²) in [5, 5.41) is 68.3. The van der Waals surface area contributed by atoms with Crippen LogP contribution in [0.5, 0.6) is 0 Å². The predicted molar refractivity (Wildman–Crippen MR) is 49.3 cm³/mol. The minimum atomic E-state index is -2.38. The van der Waals surface area contributed by atoms with Gasteiger partial charge in [-0.1, -0.05) is 0 Å². The summed E-state index contributed by atoms with van der Waals surface area (Å²) in [7, 11) is 0. The van der Waals surface area contributed by atoms with Crippen LogP contribution in [0.1, 0.15) is 0 Å². The SMILES string of the molecule is O=C([O-])C(O)C(O)C(=O)O.O=C([O-])C(O)C(O)C(=O)O.[Zn+2]. The molecule has 21 heavy (non-hydrogen) atoms. The summed E-state index contributed by atoms with van der Waals surface area (Å²) in [5.41, 5.74) is 0. The summed E-state index contributed by atoms with van der Waals surface area (Å²) in [4.78, 5) is 38.8. The monoisotopic (exact) mass is 362 g/mol. The summed E-state index contributed by atoms with van der Waals surface area (Å²) in [6.45, 7) is 0. The number of hydrogen-bond donors (Lipinski definition) is 6. The van der Waals surface area contributed by atoms with Crippen LogP contribution < -0.4 is 10.2 Å².